The first kappa shape index (κ1) is 9.68. The molecule has 0 radical (unpaired) electrons. The Kier molecular flexibility index (Phi) is 2.51. The zero-order valence-corrected chi connectivity index (χ0v) is 10.5. The van der Waals surface area contributed by atoms with E-state index in [2.05, 4.69) is 53.5 Å². The van der Waals surface area contributed by atoms with Crippen molar-refractivity contribution in [2.45, 2.75) is 18.0 Å². The summed E-state index contributed by atoms with van der Waals surface area (Å²) in [5.74, 6) is 0. The van der Waals surface area contributed by atoms with Gasteiger partial charge in [0.25, 0.3) is 0 Å². The quantitative estimate of drug-likeness (QED) is 0.697. The molecule has 0 aliphatic heterocycles. The molecule has 2 heteroatoms. The molecule has 0 bridgehead atoms. The second kappa shape index (κ2) is 3.37. The molecule has 1 aromatic rings. The Morgan fingerprint density at radius 2 is 1.69 bits per heavy atom. The fourth-order valence-corrected chi connectivity index (χ4v) is 3.81. The van der Waals surface area contributed by atoms with Gasteiger partial charge in [-0.1, -0.05) is 28.1 Å². The van der Waals surface area contributed by atoms with Crippen molar-refractivity contribution in [3.8, 4) is 0 Å². The third-order valence-corrected chi connectivity index (χ3v) is 5.91. The van der Waals surface area contributed by atoms with Crippen molar-refractivity contribution in [3.63, 3.8) is 0 Å². The highest BCUT2D eigenvalue weighted by molar-refractivity contribution is 9.10. The van der Waals surface area contributed by atoms with Crippen LogP contribution >= 0.6 is 23.9 Å². The van der Waals surface area contributed by atoms with Crippen LogP contribution in [0.25, 0.3) is 0 Å². The van der Waals surface area contributed by atoms with Crippen molar-refractivity contribution in [2.24, 2.45) is 0 Å². The van der Waals surface area contributed by atoms with Gasteiger partial charge in [0.2, 0.25) is 0 Å². The normalized spacial score (nSPS) is 19.1. The lowest BCUT2D eigenvalue weighted by Gasteiger charge is -2.20. The van der Waals surface area contributed by atoms with Gasteiger partial charge in [-0.05, 0) is 43.9 Å². The average Bonchev–Trinajstić information content (AvgIpc) is 2.86. The fraction of sp³-hybridized carbons (Fsp3) is 0.455. The van der Waals surface area contributed by atoms with Gasteiger partial charge < -0.3 is 0 Å². The predicted octanol–water partition coefficient (Wildman–Crippen LogP) is 4.18. The van der Waals surface area contributed by atoms with Crippen LogP contribution in [0.2, 0.25) is 0 Å². The van der Waals surface area contributed by atoms with E-state index in [1.165, 1.54) is 17.3 Å². The number of rotatable bonds is 2. The summed E-state index contributed by atoms with van der Waals surface area (Å²) in [4.78, 5) is 0. The van der Waals surface area contributed by atoms with Gasteiger partial charge >= 0.3 is 0 Å². The first-order valence-electron chi connectivity index (χ1n) is 4.59. The minimum atomic E-state index is 0.166. The highest BCUT2D eigenvalue weighted by Crippen LogP contribution is 2.66. The number of hydrogen-bond donors (Lipinski definition) is 0. The fourth-order valence-electron chi connectivity index (χ4n) is 1.87. The molecule has 0 amide bonds. The molecule has 1 aromatic carbocycles. The first-order chi connectivity index (χ1) is 6.15. The van der Waals surface area contributed by atoms with E-state index in [1.807, 2.05) is 0 Å². The predicted molar refractivity (Wildman–Crippen MR) is 63.8 cm³/mol. The van der Waals surface area contributed by atoms with Crippen LogP contribution in [-0.2, 0) is 5.16 Å². The SMILES string of the molecule is CP(C)C1(c2ccc(Br)cc2)CC1. The number of halogens is 1. The molecule has 0 saturated heterocycles. The Balaban J connectivity index is 2.31. The first-order valence-corrected chi connectivity index (χ1v) is 7.61. The molecule has 0 atom stereocenters. The molecule has 1 aliphatic rings. The summed E-state index contributed by atoms with van der Waals surface area (Å²) >= 11 is 3.47. The summed E-state index contributed by atoms with van der Waals surface area (Å²) in [6.45, 7) is 4.79. The zero-order valence-electron chi connectivity index (χ0n) is 8.05. The molecule has 1 fully saturated rings. The van der Waals surface area contributed by atoms with Gasteiger partial charge in [-0.15, -0.1) is 7.92 Å². The van der Waals surface area contributed by atoms with E-state index in [9.17, 15) is 0 Å². The van der Waals surface area contributed by atoms with Crippen molar-refractivity contribution in [1.29, 1.82) is 0 Å². The second-order valence-electron chi connectivity index (χ2n) is 3.93. The van der Waals surface area contributed by atoms with Crippen LogP contribution in [0.3, 0.4) is 0 Å². The summed E-state index contributed by atoms with van der Waals surface area (Å²) in [6.07, 6.45) is 2.79. The molecule has 0 unspecified atom stereocenters. The standard InChI is InChI=1S/C11H14BrP/c1-13(2)11(7-8-11)9-3-5-10(12)6-4-9/h3-6H,7-8H2,1-2H3. The van der Waals surface area contributed by atoms with Crippen LogP contribution < -0.4 is 0 Å². The minimum absolute atomic E-state index is 0.166. The van der Waals surface area contributed by atoms with Gasteiger partial charge in [-0.2, -0.15) is 0 Å². The van der Waals surface area contributed by atoms with Crippen molar-refractivity contribution >= 4 is 23.9 Å². The molecule has 13 heavy (non-hydrogen) atoms. The summed E-state index contributed by atoms with van der Waals surface area (Å²) in [7, 11) is 0.166. The van der Waals surface area contributed by atoms with Gasteiger partial charge in [0, 0.05) is 9.63 Å². The van der Waals surface area contributed by atoms with Crippen LogP contribution in [0.15, 0.2) is 28.7 Å². The smallest absolute Gasteiger partial charge is 0.0175 e. The molecule has 0 spiro atoms. The topological polar surface area (TPSA) is 0 Å². The zero-order chi connectivity index (χ0) is 9.47. The summed E-state index contributed by atoms with van der Waals surface area (Å²) in [5, 5.41) is 0.579. The van der Waals surface area contributed by atoms with E-state index in [-0.39, 0.29) is 7.92 Å². The Hall–Kier alpha value is 0.130. The van der Waals surface area contributed by atoms with Gasteiger partial charge in [-0.25, -0.2) is 0 Å². The lowest BCUT2D eigenvalue weighted by Crippen LogP contribution is -2.02. The van der Waals surface area contributed by atoms with Gasteiger partial charge in [0.1, 0.15) is 0 Å². The molecule has 1 aliphatic carbocycles. The van der Waals surface area contributed by atoms with Gasteiger partial charge in [0.05, 0.1) is 0 Å². The van der Waals surface area contributed by atoms with E-state index >= 15 is 0 Å². The lowest BCUT2D eigenvalue weighted by molar-refractivity contribution is 1.01. The van der Waals surface area contributed by atoms with Crippen LogP contribution in [0.1, 0.15) is 18.4 Å². The lowest BCUT2D eigenvalue weighted by atomic mass is 10.1. The minimum Gasteiger partial charge on any atom is -0.102 e. The molecule has 0 N–H and O–H groups in total. The Morgan fingerprint density at radius 3 is 2.08 bits per heavy atom. The third kappa shape index (κ3) is 1.69. The van der Waals surface area contributed by atoms with Crippen molar-refractivity contribution in [1.82, 2.24) is 0 Å². The van der Waals surface area contributed by atoms with E-state index in [1.54, 1.807) is 5.56 Å². The molecule has 0 heterocycles. The van der Waals surface area contributed by atoms with E-state index in [0.29, 0.717) is 5.16 Å². The Morgan fingerprint density at radius 1 is 1.15 bits per heavy atom. The van der Waals surface area contributed by atoms with Crippen LogP contribution in [-0.4, -0.2) is 13.3 Å². The molecular formula is C11H14BrP. The highest BCUT2D eigenvalue weighted by Gasteiger charge is 2.46. The van der Waals surface area contributed by atoms with E-state index < -0.39 is 0 Å². The maximum absolute atomic E-state index is 3.47. The summed E-state index contributed by atoms with van der Waals surface area (Å²) < 4.78 is 1.18. The van der Waals surface area contributed by atoms with Crippen molar-refractivity contribution in [3.05, 3.63) is 34.3 Å². The van der Waals surface area contributed by atoms with E-state index in [0.717, 1.165) is 0 Å². The van der Waals surface area contributed by atoms with Crippen LogP contribution in [0.4, 0.5) is 0 Å². The molecule has 70 valence electrons. The van der Waals surface area contributed by atoms with Crippen molar-refractivity contribution in [2.75, 3.05) is 13.3 Å². The largest absolute Gasteiger partial charge is 0.102 e. The molecule has 0 aromatic heterocycles. The van der Waals surface area contributed by atoms with Crippen LogP contribution in [0, 0.1) is 0 Å². The molecular weight excluding hydrogens is 243 g/mol. The highest BCUT2D eigenvalue weighted by atomic mass is 79.9. The monoisotopic (exact) mass is 256 g/mol. The Bertz CT molecular complexity index is 298. The van der Waals surface area contributed by atoms with Gasteiger partial charge in [-0.3, -0.25) is 0 Å². The van der Waals surface area contributed by atoms with Gasteiger partial charge in [0.15, 0.2) is 0 Å². The molecule has 0 nitrogen and oxygen atoms in total. The Labute approximate surface area is 89.6 Å². The maximum Gasteiger partial charge on any atom is 0.0175 e. The second-order valence-corrected chi connectivity index (χ2v) is 7.49. The van der Waals surface area contributed by atoms with Crippen molar-refractivity contribution < 1.29 is 0 Å². The average molecular weight is 257 g/mol. The van der Waals surface area contributed by atoms with Crippen LogP contribution in [0.5, 0.6) is 0 Å². The number of benzene rings is 1. The maximum atomic E-state index is 3.47. The summed E-state index contributed by atoms with van der Waals surface area (Å²) in [5.41, 5.74) is 1.55. The molecule has 1 saturated carbocycles. The number of hydrogen-bond acceptors (Lipinski definition) is 0. The third-order valence-electron chi connectivity index (χ3n) is 2.96. The molecule has 2 rings (SSSR count). The summed E-state index contributed by atoms with van der Waals surface area (Å²) in [6, 6.07) is 8.88. The van der Waals surface area contributed by atoms with E-state index in [4.69, 9.17) is 0 Å².